The second kappa shape index (κ2) is 6.88. The number of hydrogen-bond acceptors (Lipinski definition) is 3. The normalized spacial score (nSPS) is 17.9. The van der Waals surface area contributed by atoms with Gasteiger partial charge in [0.1, 0.15) is 0 Å². The van der Waals surface area contributed by atoms with Crippen LogP contribution in [0, 0.1) is 0 Å². The minimum Gasteiger partial charge on any atom is -0.314 e. The predicted octanol–water partition coefficient (Wildman–Crippen LogP) is 2.61. The van der Waals surface area contributed by atoms with Gasteiger partial charge in [-0.3, -0.25) is 9.89 Å². The summed E-state index contributed by atoms with van der Waals surface area (Å²) in [6, 6.07) is 1.92. The van der Waals surface area contributed by atoms with E-state index in [9.17, 15) is 4.79 Å². The Bertz CT molecular complexity index is 435. The van der Waals surface area contributed by atoms with Crippen LogP contribution in [0.1, 0.15) is 57.6 Å². The molecule has 3 N–H and O–H groups in total. The molecule has 0 bridgehead atoms. The topological polar surface area (TPSA) is 69.8 Å². The molecule has 1 fully saturated rings. The van der Waals surface area contributed by atoms with E-state index in [1.165, 1.54) is 19.3 Å². The Hall–Kier alpha value is -1.36. The number of hydrogen-bond donors (Lipinski definition) is 3. The molecule has 0 saturated heterocycles. The number of carbonyl (C=O) groups is 1. The molecular weight excluding hydrogens is 252 g/mol. The van der Waals surface area contributed by atoms with Gasteiger partial charge in [-0.15, -0.1) is 0 Å². The van der Waals surface area contributed by atoms with E-state index in [1.54, 1.807) is 0 Å². The van der Waals surface area contributed by atoms with Crippen molar-refractivity contribution in [1.29, 1.82) is 0 Å². The number of aryl methyl sites for hydroxylation is 1. The quantitative estimate of drug-likeness (QED) is 0.749. The molecule has 1 aromatic heterocycles. The van der Waals surface area contributed by atoms with Gasteiger partial charge in [0.15, 0.2) is 5.82 Å². The second-order valence-corrected chi connectivity index (χ2v) is 5.84. The number of anilines is 1. The average Bonchev–Trinajstić information content (AvgIpc) is 2.87. The Labute approximate surface area is 120 Å². The van der Waals surface area contributed by atoms with Crippen LogP contribution >= 0.6 is 0 Å². The van der Waals surface area contributed by atoms with Gasteiger partial charge in [0.05, 0.1) is 0 Å². The van der Waals surface area contributed by atoms with Crippen molar-refractivity contribution in [2.45, 2.75) is 63.8 Å². The van der Waals surface area contributed by atoms with E-state index in [0.717, 1.165) is 31.4 Å². The molecule has 0 radical (unpaired) electrons. The molecule has 1 aliphatic carbocycles. The first-order chi connectivity index (χ1) is 9.67. The van der Waals surface area contributed by atoms with Crippen LogP contribution in [0.15, 0.2) is 6.07 Å². The first-order valence-electron chi connectivity index (χ1n) is 7.70. The van der Waals surface area contributed by atoms with Crippen molar-refractivity contribution in [3.8, 4) is 0 Å². The minimum absolute atomic E-state index is 0.0229. The minimum atomic E-state index is -0.0229. The summed E-state index contributed by atoms with van der Waals surface area (Å²) in [4.78, 5) is 12.2. The number of H-pyrrole nitrogens is 1. The van der Waals surface area contributed by atoms with Gasteiger partial charge in [0.25, 0.3) is 0 Å². The number of aromatic nitrogens is 2. The van der Waals surface area contributed by atoms with Gasteiger partial charge in [-0.05, 0) is 26.3 Å². The van der Waals surface area contributed by atoms with Crippen LogP contribution in [-0.2, 0) is 11.2 Å². The van der Waals surface area contributed by atoms with Gasteiger partial charge in [-0.25, -0.2) is 0 Å². The Kier molecular flexibility index (Phi) is 5.17. The van der Waals surface area contributed by atoms with Crippen molar-refractivity contribution >= 4 is 11.7 Å². The van der Waals surface area contributed by atoms with Crippen molar-refractivity contribution in [1.82, 2.24) is 15.5 Å². The summed E-state index contributed by atoms with van der Waals surface area (Å²) < 4.78 is 0. The first kappa shape index (κ1) is 15.0. The van der Waals surface area contributed by atoms with Gasteiger partial charge >= 0.3 is 0 Å². The van der Waals surface area contributed by atoms with Gasteiger partial charge in [-0.1, -0.05) is 32.6 Å². The summed E-state index contributed by atoms with van der Waals surface area (Å²) in [5, 5.41) is 13.4. The molecule has 1 heterocycles. The second-order valence-electron chi connectivity index (χ2n) is 5.84. The van der Waals surface area contributed by atoms with E-state index in [-0.39, 0.29) is 11.4 Å². The number of nitrogens with one attached hydrogen (secondary N) is 3. The maximum Gasteiger partial charge on any atom is 0.227 e. The molecule has 112 valence electrons. The molecule has 0 aliphatic heterocycles. The highest BCUT2D eigenvalue weighted by atomic mass is 16.1. The number of aromatic amines is 1. The van der Waals surface area contributed by atoms with Crippen LogP contribution in [-0.4, -0.2) is 28.7 Å². The third kappa shape index (κ3) is 3.82. The summed E-state index contributed by atoms with van der Waals surface area (Å²) in [6.07, 6.45) is 8.41. The zero-order valence-corrected chi connectivity index (χ0v) is 12.6. The third-order valence-electron chi connectivity index (χ3n) is 4.26. The number of amides is 1. The molecule has 20 heavy (non-hydrogen) atoms. The molecule has 1 aromatic rings. The van der Waals surface area contributed by atoms with Crippen molar-refractivity contribution in [3.63, 3.8) is 0 Å². The van der Waals surface area contributed by atoms with Crippen molar-refractivity contribution in [2.75, 3.05) is 12.4 Å². The lowest BCUT2D eigenvalue weighted by Crippen LogP contribution is -2.47. The molecule has 1 aliphatic rings. The maximum absolute atomic E-state index is 12.2. The van der Waals surface area contributed by atoms with E-state index in [1.807, 2.05) is 13.1 Å². The lowest BCUT2D eigenvalue weighted by molar-refractivity contribution is -0.118. The number of carbonyl (C=O) groups excluding carboxylic acids is 1. The van der Waals surface area contributed by atoms with E-state index in [2.05, 4.69) is 27.8 Å². The zero-order valence-electron chi connectivity index (χ0n) is 12.6. The Balaban J connectivity index is 1.90. The lowest BCUT2D eigenvalue weighted by atomic mass is 9.79. The molecule has 0 atom stereocenters. The summed E-state index contributed by atoms with van der Waals surface area (Å²) >= 11 is 0. The molecule has 1 saturated carbocycles. The molecule has 5 nitrogen and oxygen atoms in total. The highest BCUT2D eigenvalue weighted by molar-refractivity contribution is 5.90. The highest BCUT2D eigenvalue weighted by Gasteiger charge is 2.32. The van der Waals surface area contributed by atoms with E-state index in [0.29, 0.717) is 12.2 Å². The SMILES string of the molecule is CCCc1cc(NC(=O)CC2(NC)CCCCC2)n[nH]1. The average molecular weight is 278 g/mol. The lowest BCUT2D eigenvalue weighted by Gasteiger charge is -2.36. The molecule has 5 heteroatoms. The smallest absolute Gasteiger partial charge is 0.227 e. The van der Waals surface area contributed by atoms with Crippen LogP contribution < -0.4 is 10.6 Å². The summed E-state index contributed by atoms with van der Waals surface area (Å²) in [5.41, 5.74) is 1.05. The van der Waals surface area contributed by atoms with Gasteiger partial charge in [-0.2, -0.15) is 5.10 Å². The Morgan fingerprint density at radius 3 is 2.80 bits per heavy atom. The molecular formula is C15H26N4O. The Morgan fingerprint density at radius 1 is 1.40 bits per heavy atom. The third-order valence-corrected chi connectivity index (χ3v) is 4.26. The Morgan fingerprint density at radius 2 is 2.15 bits per heavy atom. The molecule has 2 rings (SSSR count). The largest absolute Gasteiger partial charge is 0.314 e. The standard InChI is InChI=1S/C15H26N4O/c1-3-7-12-10-13(19-18-12)17-14(20)11-15(16-2)8-5-4-6-9-15/h10,16H,3-9,11H2,1-2H3,(H2,17,18,19,20). The fourth-order valence-corrected chi connectivity index (χ4v) is 3.06. The summed E-state index contributed by atoms with van der Waals surface area (Å²) in [7, 11) is 1.96. The fraction of sp³-hybridized carbons (Fsp3) is 0.733. The fourth-order valence-electron chi connectivity index (χ4n) is 3.06. The predicted molar refractivity (Wildman–Crippen MR) is 80.7 cm³/mol. The zero-order chi connectivity index (χ0) is 14.4. The molecule has 1 amide bonds. The van der Waals surface area contributed by atoms with Gasteiger partial charge in [0, 0.05) is 23.7 Å². The monoisotopic (exact) mass is 278 g/mol. The van der Waals surface area contributed by atoms with Crippen LogP contribution in [0.25, 0.3) is 0 Å². The van der Waals surface area contributed by atoms with Crippen LogP contribution in [0.2, 0.25) is 0 Å². The van der Waals surface area contributed by atoms with E-state index < -0.39 is 0 Å². The van der Waals surface area contributed by atoms with Crippen LogP contribution in [0.4, 0.5) is 5.82 Å². The van der Waals surface area contributed by atoms with Crippen LogP contribution in [0.5, 0.6) is 0 Å². The van der Waals surface area contributed by atoms with Crippen molar-refractivity contribution in [2.24, 2.45) is 0 Å². The maximum atomic E-state index is 12.2. The molecule has 0 unspecified atom stereocenters. The number of nitrogens with zero attached hydrogens (tertiary/aromatic N) is 1. The summed E-state index contributed by atoms with van der Waals surface area (Å²) in [5.74, 6) is 0.691. The molecule has 0 aromatic carbocycles. The molecule has 0 spiro atoms. The van der Waals surface area contributed by atoms with E-state index in [4.69, 9.17) is 0 Å². The van der Waals surface area contributed by atoms with E-state index >= 15 is 0 Å². The van der Waals surface area contributed by atoms with Gasteiger partial charge in [0.2, 0.25) is 5.91 Å². The van der Waals surface area contributed by atoms with Crippen molar-refractivity contribution < 1.29 is 4.79 Å². The first-order valence-corrected chi connectivity index (χ1v) is 7.70. The summed E-state index contributed by atoms with van der Waals surface area (Å²) in [6.45, 7) is 2.12. The number of rotatable bonds is 6. The van der Waals surface area contributed by atoms with Crippen molar-refractivity contribution in [3.05, 3.63) is 11.8 Å². The van der Waals surface area contributed by atoms with Crippen LogP contribution in [0.3, 0.4) is 0 Å². The van der Waals surface area contributed by atoms with Gasteiger partial charge < -0.3 is 10.6 Å². The highest BCUT2D eigenvalue weighted by Crippen LogP contribution is 2.30.